The maximum atomic E-state index is 12.3. The Hall–Kier alpha value is -4.14. The number of anilines is 2. The average Bonchev–Trinajstić information content (AvgIpc) is 3.43. The Labute approximate surface area is 184 Å². The van der Waals surface area contributed by atoms with E-state index in [0.717, 1.165) is 24.3 Å². The van der Waals surface area contributed by atoms with Gasteiger partial charge in [-0.15, -0.1) is 0 Å². The van der Waals surface area contributed by atoms with E-state index in [2.05, 4.69) is 25.4 Å². The van der Waals surface area contributed by atoms with Crippen molar-refractivity contribution in [3.8, 4) is 22.8 Å². The van der Waals surface area contributed by atoms with E-state index in [1.54, 1.807) is 36.5 Å². The lowest BCUT2D eigenvalue weighted by atomic mass is 10.0. The zero-order valence-corrected chi connectivity index (χ0v) is 17.7. The second-order valence-electron chi connectivity index (χ2n) is 7.65. The van der Waals surface area contributed by atoms with Crippen LogP contribution in [0.5, 0.6) is 0 Å². The quantitative estimate of drug-likeness (QED) is 0.515. The van der Waals surface area contributed by atoms with Crippen LogP contribution < -0.4 is 5.32 Å². The summed E-state index contributed by atoms with van der Waals surface area (Å²) in [5.74, 6) is 0.801. The molecule has 1 aliphatic rings. The summed E-state index contributed by atoms with van der Waals surface area (Å²) in [7, 11) is 1.80. The van der Waals surface area contributed by atoms with Gasteiger partial charge in [0.1, 0.15) is 17.4 Å². The van der Waals surface area contributed by atoms with Crippen LogP contribution in [0.3, 0.4) is 0 Å². The van der Waals surface area contributed by atoms with E-state index in [1.807, 2.05) is 37.3 Å². The van der Waals surface area contributed by atoms with Crippen LogP contribution in [-0.2, 0) is 4.79 Å². The van der Waals surface area contributed by atoms with Crippen LogP contribution in [0.1, 0.15) is 23.8 Å². The molecule has 5 heterocycles. The molecule has 9 heteroatoms. The minimum atomic E-state index is -0.282. The van der Waals surface area contributed by atoms with Gasteiger partial charge in [-0.2, -0.15) is 0 Å². The summed E-state index contributed by atoms with van der Waals surface area (Å²) in [5.41, 5.74) is 4.28. The minimum Gasteiger partial charge on any atom is -0.360 e. The number of hydrogen-bond acceptors (Lipinski definition) is 8. The van der Waals surface area contributed by atoms with Crippen LogP contribution in [0, 0.1) is 6.92 Å². The molecule has 0 saturated carbocycles. The molecule has 4 aromatic rings. The fourth-order valence-corrected chi connectivity index (χ4v) is 3.68. The van der Waals surface area contributed by atoms with Crippen LogP contribution in [0.4, 0.5) is 11.6 Å². The fourth-order valence-electron chi connectivity index (χ4n) is 3.68. The molecule has 1 aliphatic heterocycles. The van der Waals surface area contributed by atoms with Gasteiger partial charge in [0.15, 0.2) is 0 Å². The van der Waals surface area contributed by atoms with E-state index in [-0.39, 0.29) is 11.8 Å². The number of hydrogen-bond donors (Lipinski definition) is 1. The molecule has 1 amide bonds. The van der Waals surface area contributed by atoms with E-state index < -0.39 is 0 Å². The first-order chi connectivity index (χ1) is 15.6. The van der Waals surface area contributed by atoms with Crippen molar-refractivity contribution in [1.29, 1.82) is 0 Å². The zero-order valence-electron chi connectivity index (χ0n) is 17.7. The maximum absolute atomic E-state index is 12.3. The second-order valence-corrected chi connectivity index (χ2v) is 7.65. The molecule has 0 bridgehead atoms. The molecule has 32 heavy (non-hydrogen) atoms. The number of carbonyl (C=O) groups is 1. The van der Waals surface area contributed by atoms with Crippen LogP contribution in [0.2, 0.25) is 0 Å². The number of aryl methyl sites for hydroxylation is 1. The zero-order chi connectivity index (χ0) is 22.1. The Kier molecular flexibility index (Phi) is 5.06. The molecular formula is C23H21N7O2. The summed E-state index contributed by atoms with van der Waals surface area (Å²) in [6.45, 7) is 2.64. The van der Waals surface area contributed by atoms with Crippen LogP contribution >= 0.6 is 0 Å². The molecule has 4 aromatic heterocycles. The number of pyridine rings is 2. The number of amides is 1. The number of nitrogens with zero attached hydrogens (tertiary/aromatic N) is 6. The molecule has 1 fully saturated rings. The molecule has 1 N–H and O–H groups in total. The molecule has 1 atom stereocenters. The molecule has 1 saturated heterocycles. The van der Waals surface area contributed by atoms with Gasteiger partial charge < -0.3 is 14.7 Å². The molecule has 0 spiro atoms. The van der Waals surface area contributed by atoms with Gasteiger partial charge in [-0.3, -0.25) is 9.78 Å². The highest BCUT2D eigenvalue weighted by molar-refractivity contribution is 5.85. The normalized spacial score (nSPS) is 15.9. The van der Waals surface area contributed by atoms with Crippen molar-refractivity contribution in [2.45, 2.75) is 19.3 Å². The van der Waals surface area contributed by atoms with E-state index in [4.69, 9.17) is 9.51 Å². The highest BCUT2D eigenvalue weighted by Gasteiger charge is 2.33. The SMILES string of the molecule is Cc1ncccc1Nc1nccc(-c2cccc(-c3cc([C@@H]4CCN(C)C4=O)on3)n2)n1. The first-order valence-electron chi connectivity index (χ1n) is 10.3. The van der Waals surface area contributed by atoms with Gasteiger partial charge in [0.05, 0.1) is 28.5 Å². The van der Waals surface area contributed by atoms with Gasteiger partial charge in [-0.05, 0) is 43.7 Å². The standard InChI is InChI=1S/C23H21N7O2/c1-14-16(7-4-10-24-14)27-23-25-11-8-19(28-23)17-5-3-6-18(26-17)20-13-21(32-29-20)15-9-12-30(2)22(15)31/h3-8,10-11,13,15H,9,12H2,1-2H3,(H,25,27,28)/t15-/m0/s1. The third-order valence-corrected chi connectivity index (χ3v) is 5.48. The Bertz CT molecular complexity index is 1290. The number of likely N-dealkylation sites (N-methyl/N-ethyl adjacent to an activating group) is 1. The van der Waals surface area contributed by atoms with Gasteiger partial charge in [0.2, 0.25) is 11.9 Å². The summed E-state index contributed by atoms with van der Waals surface area (Å²) in [4.78, 5) is 31.9. The topological polar surface area (TPSA) is 110 Å². The predicted octanol–water partition coefficient (Wildman–Crippen LogP) is 3.59. The van der Waals surface area contributed by atoms with E-state index in [9.17, 15) is 4.79 Å². The van der Waals surface area contributed by atoms with Crippen molar-refractivity contribution in [1.82, 2.24) is 30.0 Å². The Balaban J connectivity index is 1.40. The highest BCUT2D eigenvalue weighted by Crippen LogP contribution is 2.31. The van der Waals surface area contributed by atoms with Gasteiger partial charge in [0, 0.05) is 32.1 Å². The molecule has 0 unspecified atom stereocenters. The molecule has 0 aromatic carbocycles. The van der Waals surface area contributed by atoms with Crippen molar-refractivity contribution in [3.63, 3.8) is 0 Å². The number of aromatic nitrogens is 5. The minimum absolute atomic E-state index is 0.0549. The first-order valence-corrected chi connectivity index (χ1v) is 10.3. The van der Waals surface area contributed by atoms with Gasteiger partial charge >= 0.3 is 0 Å². The third kappa shape index (κ3) is 3.80. The Morgan fingerprint density at radius 1 is 1.00 bits per heavy atom. The summed E-state index contributed by atoms with van der Waals surface area (Å²) in [5, 5.41) is 7.34. The van der Waals surface area contributed by atoms with Gasteiger partial charge in [0.25, 0.3) is 0 Å². The van der Waals surface area contributed by atoms with Crippen molar-refractivity contribution in [3.05, 3.63) is 66.3 Å². The molecule has 9 nitrogen and oxygen atoms in total. The summed E-state index contributed by atoms with van der Waals surface area (Å²) < 4.78 is 5.48. The van der Waals surface area contributed by atoms with Crippen molar-refractivity contribution < 1.29 is 9.32 Å². The molecule has 160 valence electrons. The molecular weight excluding hydrogens is 406 g/mol. The summed E-state index contributed by atoms with van der Waals surface area (Å²) >= 11 is 0. The summed E-state index contributed by atoms with van der Waals surface area (Å²) in [6, 6.07) is 13.0. The van der Waals surface area contributed by atoms with Crippen LogP contribution in [-0.4, -0.2) is 49.5 Å². The van der Waals surface area contributed by atoms with Gasteiger partial charge in [-0.25, -0.2) is 15.0 Å². The number of carbonyl (C=O) groups excluding carboxylic acids is 1. The largest absolute Gasteiger partial charge is 0.360 e. The van der Waals surface area contributed by atoms with Crippen molar-refractivity contribution >= 4 is 17.5 Å². The Morgan fingerprint density at radius 2 is 1.81 bits per heavy atom. The molecule has 0 aliphatic carbocycles. The van der Waals surface area contributed by atoms with Crippen LogP contribution in [0.15, 0.2) is 59.4 Å². The van der Waals surface area contributed by atoms with E-state index in [0.29, 0.717) is 34.5 Å². The lowest BCUT2D eigenvalue weighted by Crippen LogP contribution is -2.21. The van der Waals surface area contributed by atoms with E-state index in [1.165, 1.54) is 0 Å². The average molecular weight is 427 g/mol. The van der Waals surface area contributed by atoms with Crippen molar-refractivity contribution in [2.24, 2.45) is 0 Å². The second kappa shape index (κ2) is 8.18. The lowest BCUT2D eigenvalue weighted by molar-refractivity contribution is -0.128. The lowest BCUT2D eigenvalue weighted by Gasteiger charge is -2.08. The maximum Gasteiger partial charge on any atom is 0.233 e. The Morgan fingerprint density at radius 3 is 2.59 bits per heavy atom. The molecule has 0 radical (unpaired) electrons. The van der Waals surface area contributed by atoms with E-state index >= 15 is 0 Å². The first kappa shape index (κ1) is 19.8. The summed E-state index contributed by atoms with van der Waals surface area (Å²) in [6.07, 6.45) is 4.15. The smallest absolute Gasteiger partial charge is 0.233 e. The molecule has 5 rings (SSSR count). The van der Waals surface area contributed by atoms with Crippen molar-refractivity contribution in [2.75, 3.05) is 18.9 Å². The number of likely N-dealkylation sites (tertiary alicyclic amines) is 1. The fraction of sp³-hybridized carbons (Fsp3) is 0.217. The number of rotatable bonds is 5. The third-order valence-electron chi connectivity index (χ3n) is 5.48. The monoisotopic (exact) mass is 427 g/mol. The van der Waals surface area contributed by atoms with Gasteiger partial charge in [-0.1, -0.05) is 11.2 Å². The van der Waals surface area contributed by atoms with Crippen LogP contribution in [0.25, 0.3) is 22.8 Å². The highest BCUT2D eigenvalue weighted by atomic mass is 16.5. The predicted molar refractivity (Wildman–Crippen MR) is 118 cm³/mol. The number of nitrogens with one attached hydrogen (secondary N) is 1.